The highest BCUT2D eigenvalue weighted by Gasteiger charge is 2.53. The van der Waals surface area contributed by atoms with Gasteiger partial charge in [-0.05, 0) is 26.2 Å². The van der Waals surface area contributed by atoms with Gasteiger partial charge in [-0.15, -0.1) is 0 Å². The lowest BCUT2D eigenvalue weighted by atomic mass is 9.71. The number of hydrogen-bond acceptors (Lipinski definition) is 9. The average molecular weight is 438 g/mol. The fourth-order valence-electron chi connectivity index (χ4n) is 4.23. The third kappa shape index (κ3) is 5.69. The predicted molar refractivity (Wildman–Crippen MR) is 107 cm³/mol. The molecule has 2 heterocycles. The zero-order chi connectivity index (χ0) is 23.0. The first-order valence-electron chi connectivity index (χ1n) is 10.5. The third-order valence-electron chi connectivity index (χ3n) is 5.71. The second-order valence-corrected chi connectivity index (χ2v) is 10.4. The van der Waals surface area contributed by atoms with Gasteiger partial charge in [-0.3, -0.25) is 0 Å². The molecule has 0 spiro atoms. The SMILES string of the molecule is CC(C)(C)O[C@@H]1OC(CO)[C@H](O[C@@H]2OC(CO)[C@H](C(C)(C)C)[C@H](O)C2[NH3+])[C@H](O)C1N. The van der Waals surface area contributed by atoms with E-state index in [9.17, 15) is 20.4 Å². The molecule has 9 N–H and O–H groups in total. The van der Waals surface area contributed by atoms with Gasteiger partial charge < -0.3 is 50.8 Å². The van der Waals surface area contributed by atoms with Crippen LogP contribution in [0.3, 0.4) is 0 Å². The molecule has 0 radical (unpaired) electrons. The second-order valence-electron chi connectivity index (χ2n) is 10.4. The van der Waals surface area contributed by atoms with Gasteiger partial charge in [0.05, 0.1) is 31.0 Å². The van der Waals surface area contributed by atoms with Gasteiger partial charge in [0.25, 0.3) is 0 Å². The molecular formula is C20H41N2O8+. The molecule has 2 fully saturated rings. The van der Waals surface area contributed by atoms with Crippen molar-refractivity contribution < 1.29 is 45.1 Å². The van der Waals surface area contributed by atoms with E-state index in [0.717, 1.165) is 0 Å². The van der Waals surface area contributed by atoms with Crippen molar-refractivity contribution in [3.63, 3.8) is 0 Å². The van der Waals surface area contributed by atoms with E-state index < -0.39 is 67.4 Å². The normalized spacial score (nSPS) is 43.6. The maximum Gasteiger partial charge on any atom is 0.213 e. The molecule has 0 aromatic carbocycles. The highest BCUT2D eigenvalue weighted by atomic mass is 16.7. The highest BCUT2D eigenvalue weighted by Crippen LogP contribution is 2.39. The van der Waals surface area contributed by atoms with Crippen molar-refractivity contribution in [3.05, 3.63) is 0 Å². The van der Waals surface area contributed by atoms with Gasteiger partial charge in [-0.25, -0.2) is 0 Å². The highest BCUT2D eigenvalue weighted by molar-refractivity contribution is 4.97. The van der Waals surface area contributed by atoms with Crippen molar-refractivity contribution >= 4 is 0 Å². The topological polar surface area (TPSA) is 172 Å². The first-order valence-corrected chi connectivity index (χ1v) is 10.5. The summed E-state index contributed by atoms with van der Waals surface area (Å²) in [6.07, 6.45) is -6.71. The lowest BCUT2D eigenvalue weighted by molar-refractivity contribution is -0.508. The number of ether oxygens (including phenoxy) is 4. The number of rotatable bonds is 5. The molecule has 2 rings (SSSR count). The number of nitrogens with two attached hydrogens (primary N) is 1. The van der Waals surface area contributed by atoms with Crippen LogP contribution in [0.1, 0.15) is 41.5 Å². The lowest BCUT2D eigenvalue weighted by Gasteiger charge is -2.49. The summed E-state index contributed by atoms with van der Waals surface area (Å²) in [6, 6.07) is -1.62. The summed E-state index contributed by atoms with van der Waals surface area (Å²) < 4.78 is 23.4. The number of hydrogen-bond donors (Lipinski definition) is 6. The Balaban J connectivity index is 2.18. The molecule has 0 amide bonds. The van der Waals surface area contributed by atoms with Crippen LogP contribution in [0, 0.1) is 11.3 Å². The Bertz CT molecular complexity index is 548. The van der Waals surface area contributed by atoms with Gasteiger partial charge in [-0.2, -0.15) is 0 Å². The van der Waals surface area contributed by atoms with E-state index in [-0.39, 0.29) is 17.9 Å². The van der Waals surface area contributed by atoms with Gasteiger partial charge in [-0.1, -0.05) is 20.8 Å². The fraction of sp³-hybridized carbons (Fsp3) is 1.00. The minimum absolute atomic E-state index is 0.306. The van der Waals surface area contributed by atoms with Crippen LogP contribution in [-0.2, 0) is 18.9 Å². The minimum Gasteiger partial charge on any atom is -0.394 e. The van der Waals surface area contributed by atoms with E-state index in [1.54, 1.807) is 0 Å². The molecule has 30 heavy (non-hydrogen) atoms. The molecule has 178 valence electrons. The Kier molecular flexibility index (Phi) is 8.29. The fourth-order valence-corrected chi connectivity index (χ4v) is 4.23. The zero-order valence-electron chi connectivity index (χ0n) is 18.9. The van der Waals surface area contributed by atoms with E-state index in [0.29, 0.717) is 0 Å². The van der Waals surface area contributed by atoms with E-state index in [2.05, 4.69) is 5.73 Å². The zero-order valence-corrected chi connectivity index (χ0v) is 18.9. The van der Waals surface area contributed by atoms with E-state index >= 15 is 0 Å². The summed E-state index contributed by atoms with van der Waals surface area (Å²) in [7, 11) is 0. The standard InChI is InChI=1S/C20H40N2O8/c1-19(2,3)11-9(7-23)27-17(12(21)14(11)25)29-16-10(8-24)28-18(13(22)15(16)26)30-20(4,5)6/h9-18,23-26H,7-8,21-22H2,1-6H3/p+1/t9?,10?,11-,12?,13?,14-,15+,16-,17-,18-/m0/s1. The first-order chi connectivity index (χ1) is 13.7. The maximum absolute atomic E-state index is 10.9. The Labute approximate surface area is 178 Å². The van der Waals surface area contributed by atoms with Crippen molar-refractivity contribution in [1.29, 1.82) is 0 Å². The summed E-state index contributed by atoms with van der Waals surface area (Å²) in [6.45, 7) is 10.6. The lowest BCUT2D eigenvalue weighted by Crippen LogP contribution is -2.78. The quantitative estimate of drug-likeness (QED) is 0.283. The molecule has 0 saturated carbocycles. The molecule has 2 saturated heterocycles. The van der Waals surface area contributed by atoms with Gasteiger partial charge in [0.2, 0.25) is 6.29 Å². The molecule has 0 bridgehead atoms. The summed E-state index contributed by atoms with van der Waals surface area (Å²) in [5, 5.41) is 41.3. The predicted octanol–water partition coefficient (Wildman–Crippen LogP) is -2.06. The van der Waals surface area contributed by atoms with E-state index in [1.807, 2.05) is 41.5 Å². The summed E-state index contributed by atoms with van der Waals surface area (Å²) >= 11 is 0. The van der Waals surface area contributed by atoms with Crippen molar-refractivity contribution in [2.45, 2.75) is 102 Å². The molecule has 2 aliphatic heterocycles. The monoisotopic (exact) mass is 437 g/mol. The molecule has 0 aromatic heterocycles. The number of aliphatic hydroxyl groups excluding tert-OH is 4. The van der Waals surface area contributed by atoms with Crippen LogP contribution in [-0.4, -0.2) is 94.4 Å². The Hall–Kier alpha value is -0.400. The maximum atomic E-state index is 10.9. The average Bonchev–Trinajstić information content (AvgIpc) is 2.62. The molecule has 10 nitrogen and oxygen atoms in total. The van der Waals surface area contributed by atoms with Gasteiger partial charge in [0, 0.05) is 5.92 Å². The molecule has 10 atom stereocenters. The summed E-state index contributed by atoms with van der Waals surface area (Å²) in [5.74, 6) is -0.363. The van der Waals surface area contributed by atoms with Crippen LogP contribution in [0.25, 0.3) is 0 Å². The van der Waals surface area contributed by atoms with Crippen LogP contribution in [0.2, 0.25) is 0 Å². The van der Waals surface area contributed by atoms with Crippen molar-refractivity contribution in [2.24, 2.45) is 17.1 Å². The van der Waals surface area contributed by atoms with Crippen LogP contribution < -0.4 is 11.5 Å². The molecule has 0 aliphatic carbocycles. The molecule has 4 unspecified atom stereocenters. The Morgan fingerprint density at radius 2 is 1.43 bits per heavy atom. The van der Waals surface area contributed by atoms with E-state index in [1.165, 1.54) is 0 Å². The third-order valence-corrected chi connectivity index (χ3v) is 5.71. The molecular weight excluding hydrogens is 396 g/mol. The summed E-state index contributed by atoms with van der Waals surface area (Å²) in [5.41, 5.74) is 9.22. The van der Waals surface area contributed by atoms with Gasteiger partial charge >= 0.3 is 0 Å². The largest absolute Gasteiger partial charge is 0.394 e. The second kappa shape index (κ2) is 9.62. The minimum atomic E-state index is -1.22. The summed E-state index contributed by atoms with van der Waals surface area (Å²) in [4.78, 5) is 0. The van der Waals surface area contributed by atoms with E-state index in [4.69, 9.17) is 24.7 Å². The Morgan fingerprint density at radius 3 is 1.90 bits per heavy atom. The molecule has 10 heteroatoms. The number of quaternary nitrogens is 1. The molecule has 2 aliphatic rings. The smallest absolute Gasteiger partial charge is 0.213 e. The van der Waals surface area contributed by atoms with Gasteiger partial charge in [0.1, 0.15) is 24.4 Å². The van der Waals surface area contributed by atoms with Crippen molar-refractivity contribution in [1.82, 2.24) is 0 Å². The molecule has 0 aromatic rings. The number of aliphatic hydroxyl groups is 4. The van der Waals surface area contributed by atoms with Crippen LogP contribution in [0.5, 0.6) is 0 Å². The van der Waals surface area contributed by atoms with Crippen LogP contribution >= 0.6 is 0 Å². The van der Waals surface area contributed by atoms with Crippen LogP contribution in [0.15, 0.2) is 0 Å². The van der Waals surface area contributed by atoms with Gasteiger partial charge in [0.15, 0.2) is 12.3 Å². The van der Waals surface area contributed by atoms with Crippen molar-refractivity contribution in [2.75, 3.05) is 13.2 Å². The van der Waals surface area contributed by atoms with Crippen molar-refractivity contribution in [3.8, 4) is 0 Å². The first kappa shape index (κ1) is 25.9. The Morgan fingerprint density at radius 1 is 0.900 bits per heavy atom. The van der Waals surface area contributed by atoms with Crippen LogP contribution in [0.4, 0.5) is 0 Å².